The van der Waals surface area contributed by atoms with Crippen molar-refractivity contribution >= 4 is 11.7 Å². The molecule has 1 unspecified atom stereocenters. The first-order valence-corrected chi connectivity index (χ1v) is 4.67. The molecule has 4 heteroatoms. The van der Waals surface area contributed by atoms with Crippen LogP contribution in [0.4, 0.5) is 5.69 Å². The summed E-state index contributed by atoms with van der Waals surface area (Å²) in [4.78, 5) is 11.2. The SMILES string of the molecule is COC(=O)CC(C)(N)c1cccc(N)c1. The Morgan fingerprint density at radius 2 is 2.20 bits per heavy atom. The number of carbonyl (C=O) groups excluding carboxylic acids is 1. The van der Waals surface area contributed by atoms with Gasteiger partial charge in [0.1, 0.15) is 0 Å². The van der Waals surface area contributed by atoms with Crippen molar-refractivity contribution in [2.24, 2.45) is 5.73 Å². The van der Waals surface area contributed by atoms with Crippen LogP contribution in [0.15, 0.2) is 24.3 Å². The number of ether oxygens (including phenoxy) is 1. The van der Waals surface area contributed by atoms with Crippen molar-refractivity contribution < 1.29 is 9.53 Å². The normalized spacial score (nSPS) is 14.3. The maximum atomic E-state index is 11.2. The summed E-state index contributed by atoms with van der Waals surface area (Å²) in [5.41, 5.74) is 12.4. The fourth-order valence-electron chi connectivity index (χ4n) is 1.37. The second-order valence-electron chi connectivity index (χ2n) is 3.80. The van der Waals surface area contributed by atoms with Gasteiger partial charge in [0.2, 0.25) is 0 Å². The van der Waals surface area contributed by atoms with Crippen molar-refractivity contribution in [3.05, 3.63) is 29.8 Å². The molecule has 0 heterocycles. The Bertz CT molecular complexity index is 361. The molecule has 1 aromatic rings. The van der Waals surface area contributed by atoms with Gasteiger partial charge in [-0.25, -0.2) is 0 Å². The van der Waals surface area contributed by atoms with Crippen LogP contribution in [0.3, 0.4) is 0 Å². The average molecular weight is 208 g/mol. The summed E-state index contributed by atoms with van der Waals surface area (Å²) in [6.07, 6.45) is 0.132. The summed E-state index contributed by atoms with van der Waals surface area (Å²) < 4.78 is 4.59. The third-order valence-electron chi connectivity index (χ3n) is 2.29. The van der Waals surface area contributed by atoms with E-state index in [-0.39, 0.29) is 12.4 Å². The number of nitrogen functional groups attached to an aromatic ring is 1. The van der Waals surface area contributed by atoms with Crippen LogP contribution < -0.4 is 11.5 Å². The molecule has 0 amide bonds. The molecule has 4 N–H and O–H groups in total. The summed E-state index contributed by atoms with van der Waals surface area (Å²) in [6, 6.07) is 7.20. The maximum Gasteiger partial charge on any atom is 0.307 e. The Morgan fingerprint density at radius 3 is 2.73 bits per heavy atom. The first kappa shape index (κ1) is 11.5. The van der Waals surface area contributed by atoms with Gasteiger partial charge in [0.25, 0.3) is 0 Å². The van der Waals surface area contributed by atoms with Gasteiger partial charge in [-0.15, -0.1) is 0 Å². The van der Waals surface area contributed by atoms with E-state index in [9.17, 15) is 4.79 Å². The number of nitrogens with two attached hydrogens (primary N) is 2. The van der Waals surface area contributed by atoms with E-state index in [0.717, 1.165) is 5.56 Å². The van der Waals surface area contributed by atoms with Gasteiger partial charge in [-0.3, -0.25) is 4.79 Å². The lowest BCUT2D eigenvalue weighted by Gasteiger charge is -2.24. The monoisotopic (exact) mass is 208 g/mol. The van der Waals surface area contributed by atoms with Crippen LogP contribution >= 0.6 is 0 Å². The van der Waals surface area contributed by atoms with Crippen molar-refractivity contribution in [1.29, 1.82) is 0 Å². The average Bonchev–Trinajstić information content (AvgIpc) is 2.17. The molecular formula is C11H16N2O2. The van der Waals surface area contributed by atoms with E-state index >= 15 is 0 Å². The highest BCUT2D eigenvalue weighted by Crippen LogP contribution is 2.23. The van der Waals surface area contributed by atoms with Gasteiger partial charge in [-0.05, 0) is 24.6 Å². The first-order chi connectivity index (χ1) is 6.95. The predicted octanol–water partition coefficient (Wildman–Crippen LogP) is 1.01. The van der Waals surface area contributed by atoms with E-state index in [2.05, 4.69) is 4.74 Å². The minimum atomic E-state index is -0.748. The van der Waals surface area contributed by atoms with E-state index in [1.807, 2.05) is 12.1 Å². The quantitative estimate of drug-likeness (QED) is 0.574. The zero-order valence-electron chi connectivity index (χ0n) is 8.99. The maximum absolute atomic E-state index is 11.2. The minimum Gasteiger partial charge on any atom is -0.469 e. The molecule has 1 rings (SSSR count). The molecule has 1 aromatic carbocycles. The second kappa shape index (κ2) is 4.31. The van der Waals surface area contributed by atoms with E-state index in [4.69, 9.17) is 11.5 Å². The van der Waals surface area contributed by atoms with Crippen LogP contribution in [0.2, 0.25) is 0 Å². The fraction of sp³-hybridized carbons (Fsp3) is 0.364. The number of hydrogen-bond donors (Lipinski definition) is 2. The Hall–Kier alpha value is -1.55. The van der Waals surface area contributed by atoms with Crippen LogP contribution in [0.5, 0.6) is 0 Å². The summed E-state index contributed by atoms with van der Waals surface area (Å²) >= 11 is 0. The summed E-state index contributed by atoms with van der Waals surface area (Å²) in [7, 11) is 1.35. The van der Waals surface area contributed by atoms with E-state index in [1.165, 1.54) is 7.11 Å². The number of hydrogen-bond acceptors (Lipinski definition) is 4. The molecule has 0 aliphatic heterocycles. The summed E-state index contributed by atoms with van der Waals surface area (Å²) in [5.74, 6) is -0.331. The summed E-state index contributed by atoms with van der Waals surface area (Å²) in [5, 5.41) is 0. The van der Waals surface area contributed by atoms with E-state index in [0.29, 0.717) is 5.69 Å². The number of methoxy groups -OCH3 is 1. The van der Waals surface area contributed by atoms with Crippen LogP contribution in [-0.4, -0.2) is 13.1 Å². The summed E-state index contributed by atoms with van der Waals surface area (Å²) in [6.45, 7) is 1.78. The Kier molecular flexibility index (Phi) is 3.31. The smallest absolute Gasteiger partial charge is 0.307 e. The molecule has 0 spiro atoms. The predicted molar refractivity (Wildman–Crippen MR) is 59.0 cm³/mol. The zero-order chi connectivity index (χ0) is 11.5. The molecular weight excluding hydrogens is 192 g/mol. The number of rotatable bonds is 3. The number of carbonyl (C=O) groups is 1. The van der Waals surface area contributed by atoms with Gasteiger partial charge < -0.3 is 16.2 Å². The largest absolute Gasteiger partial charge is 0.469 e. The lowest BCUT2D eigenvalue weighted by molar-refractivity contribution is -0.141. The molecule has 15 heavy (non-hydrogen) atoms. The van der Waals surface area contributed by atoms with Crippen molar-refractivity contribution in [3.63, 3.8) is 0 Å². The number of anilines is 1. The highest BCUT2D eigenvalue weighted by molar-refractivity contribution is 5.71. The highest BCUT2D eigenvalue weighted by Gasteiger charge is 2.25. The third kappa shape index (κ3) is 2.95. The number of esters is 1. The van der Waals surface area contributed by atoms with Gasteiger partial charge in [0.15, 0.2) is 0 Å². The second-order valence-corrected chi connectivity index (χ2v) is 3.80. The fourth-order valence-corrected chi connectivity index (χ4v) is 1.37. The number of benzene rings is 1. The molecule has 0 saturated carbocycles. The van der Waals surface area contributed by atoms with Crippen molar-refractivity contribution in [2.75, 3.05) is 12.8 Å². The first-order valence-electron chi connectivity index (χ1n) is 4.67. The van der Waals surface area contributed by atoms with Gasteiger partial charge in [0.05, 0.1) is 13.5 Å². The molecule has 0 fully saturated rings. The van der Waals surface area contributed by atoms with Crippen molar-refractivity contribution in [3.8, 4) is 0 Å². The van der Waals surface area contributed by atoms with Gasteiger partial charge in [-0.1, -0.05) is 12.1 Å². The van der Waals surface area contributed by atoms with Crippen LogP contribution in [0.1, 0.15) is 18.9 Å². The highest BCUT2D eigenvalue weighted by atomic mass is 16.5. The van der Waals surface area contributed by atoms with E-state index < -0.39 is 5.54 Å². The van der Waals surface area contributed by atoms with E-state index in [1.54, 1.807) is 19.1 Å². The third-order valence-corrected chi connectivity index (χ3v) is 2.29. The molecule has 0 aromatic heterocycles. The molecule has 4 nitrogen and oxygen atoms in total. The minimum absolute atomic E-state index is 0.132. The Balaban J connectivity index is 2.90. The molecule has 82 valence electrons. The lowest BCUT2D eigenvalue weighted by Crippen LogP contribution is -2.36. The van der Waals surface area contributed by atoms with Gasteiger partial charge in [-0.2, -0.15) is 0 Å². The van der Waals surface area contributed by atoms with Gasteiger partial charge in [0, 0.05) is 11.2 Å². The Labute approximate surface area is 89.2 Å². The standard InChI is InChI=1S/C11H16N2O2/c1-11(13,7-10(14)15-2)8-4-3-5-9(12)6-8/h3-6H,7,12-13H2,1-2H3. The molecule has 0 aliphatic rings. The van der Waals surface area contributed by atoms with Crippen molar-refractivity contribution in [2.45, 2.75) is 18.9 Å². The van der Waals surface area contributed by atoms with Crippen LogP contribution in [0.25, 0.3) is 0 Å². The topological polar surface area (TPSA) is 78.3 Å². The van der Waals surface area contributed by atoms with Crippen molar-refractivity contribution in [1.82, 2.24) is 0 Å². The van der Waals surface area contributed by atoms with Crippen LogP contribution in [-0.2, 0) is 15.1 Å². The van der Waals surface area contributed by atoms with Crippen LogP contribution in [0, 0.1) is 0 Å². The van der Waals surface area contributed by atoms with Gasteiger partial charge >= 0.3 is 5.97 Å². The lowest BCUT2D eigenvalue weighted by atomic mass is 9.89. The molecule has 0 radical (unpaired) electrons. The Morgan fingerprint density at radius 1 is 1.53 bits per heavy atom. The molecule has 0 bridgehead atoms. The zero-order valence-corrected chi connectivity index (χ0v) is 8.99. The molecule has 0 saturated heterocycles. The molecule has 1 atom stereocenters. The molecule has 0 aliphatic carbocycles.